The minimum atomic E-state index is -2.13. The number of carbonyl (C=O) groups is 2. The Morgan fingerprint density at radius 1 is 1.18 bits per heavy atom. The van der Waals surface area contributed by atoms with E-state index in [-0.39, 0.29) is 71.1 Å². The van der Waals surface area contributed by atoms with Crippen LogP contribution in [0, 0.1) is 0 Å². The molecule has 2 unspecified atom stereocenters. The monoisotopic (exact) mass is 428 g/mol. The number of carbonyl (C=O) groups excluding carboxylic acids is 3. The van der Waals surface area contributed by atoms with E-state index < -0.39 is 60.9 Å². The third-order valence-electron chi connectivity index (χ3n) is 3.45. The second kappa shape index (κ2) is 15.1. The molecule has 7 N–H and O–H groups in total. The number of aliphatic hydroxyl groups is 5. The molecule has 0 aromatic heterocycles. The van der Waals surface area contributed by atoms with Crippen LogP contribution in [-0.4, -0.2) is 105 Å². The minimum absolute atomic E-state index is 0. The predicted octanol–water partition coefficient (Wildman–Crippen LogP) is -12.3. The zero-order chi connectivity index (χ0) is 19.3. The maximum atomic E-state index is 11.5. The summed E-state index contributed by atoms with van der Waals surface area (Å²) in [5.74, 6) is -2.95. The van der Waals surface area contributed by atoms with Crippen LogP contribution >= 0.6 is 0 Å². The number of ether oxygens (including phenoxy) is 2. The van der Waals surface area contributed by atoms with Crippen molar-refractivity contribution in [2.75, 3.05) is 6.54 Å². The number of likely N-dealkylation sites (N-methyl/N-ethyl adjacent to an activating group) is 1. The second-order valence-electron chi connectivity index (χ2n) is 5.22. The van der Waals surface area contributed by atoms with Gasteiger partial charge >= 0.3 is 59.1 Å². The SMILES string of the molecule is CCNC(=O)[C@H](O)[C@@H](O)[C@@H]([C-]=O)O[C@H]1OC(C(=O)[O-])[C@@H](O)[C@H](O)C1O.[Na+].[Na+].[OH-]. The number of hydrogen-bond donors (Lipinski definition) is 6. The summed E-state index contributed by atoms with van der Waals surface area (Å²) in [5.41, 5.74) is 0. The number of carboxylic acid groups (broad SMARTS) is 1. The van der Waals surface area contributed by atoms with E-state index in [1.54, 1.807) is 0 Å². The Hall–Kier alpha value is 0.290. The molecule has 0 saturated carbocycles. The Morgan fingerprint density at radius 3 is 2.14 bits per heavy atom. The van der Waals surface area contributed by atoms with Crippen LogP contribution in [-0.2, 0) is 23.9 Å². The van der Waals surface area contributed by atoms with Gasteiger partial charge in [-0.2, -0.15) is 0 Å². The van der Waals surface area contributed by atoms with Gasteiger partial charge in [0.1, 0.15) is 24.4 Å². The summed E-state index contributed by atoms with van der Waals surface area (Å²) >= 11 is 0. The van der Waals surface area contributed by atoms with Gasteiger partial charge in [-0.25, -0.2) is 6.29 Å². The molecule has 28 heavy (non-hydrogen) atoms. The summed E-state index contributed by atoms with van der Waals surface area (Å²) < 4.78 is 9.51. The molecule has 1 fully saturated rings. The van der Waals surface area contributed by atoms with E-state index in [0.717, 1.165) is 6.29 Å². The molecule has 1 amide bonds. The van der Waals surface area contributed by atoms with E-state index in [2.05, 4.69) is 5.32 Å². The Bertz CT molecular complexity index is 498. The van der Waals surface area contributed by atoms with Gasteiger partial charge in [-0.1, -0.05) is 0 Å². The minimum Gasteiger partial charge on any atom is -0.870 e. The summed E-state index contributed by atoms with van der Waals surface area (Å²) in [4.78, 5) is 33.3. The molecule has 1 saturated heterocycles. The molecule has 1 rings (SSSR count). The largest absolute Gasteiger partial charge is 1.00 e. The molecular formula is C13H20NNa2O12-. The smallest absolute Gasteiger partial charge is 0.870 e. The topological polar surface area (TPSA) is 236 Å². The van der Waals surface area contributed by atoms with Gasteiger partial charge in [0.05, 0.1) is 12.1 Å². The summed E-state index contributed by atoms with van der Waals surface area (Å²) in [7, 11) is 0. The van der Waals surface area contributed by atoms with Crippen LogP contribution in [0.1, 0.15) is 6.92 Å². The first kappa shape index (κ1) is 32.9. The van der Waals surface area contributed by atoms with Gasteiger partial charge in [0.2, 0.25) is 0 Å². The number of hydrogen-bond acceptors (Lipinski definition) is 12. The van der Waals surface area contributed by atoms with Crippen molar-refractivity contribution in [2.24, 2.45) is 0 Å². The Balaban J connectivity index is -0.00000208. The van der Waals surface area contributed by atoms with Crippen molar-refractivity contribution >= 4 is 18.2 Å². The molecule has 0 aromatic rings. The van der Waals surface area contributed by atoms with Crippen molar-refractivity contribution in [3.05, 3.63) is 0 Å². The van der Waals surface area contributed by atoms with Gasteiger partial charge in [0, 0.05) is 6.54 Å². The van der Waals surface area contributed by atoms with Crippen LogP contribution in [0.3, 0.4) is 0 Å². The molecule has 0 spiro atoms. The summed E-state index contributed by atoms with van der Waals surface area (Å²) in [6.45, 7) is 1.66. The van der Waals surface area contributed by atoms with Gasteiger partial charge in [0.25, 0.3) is 5.91 Å². The first-order chi connectivity index (χ1) is 11.6. The molecule has 0 aromatic carbocycles. The van der Waals surface area contributed by atoms with Crippen molar-refractivity contribution < 1.29 is 119 Å². The van der Waals surface area contributed by atoms with Crippen LogP contribution in [0.25, 0.3) is 0 Å². The van der Waals surface area contributed by atoms with E-state index >= 15 is 0 Å². The van der Waals surface area contributed by atoms with E-state index in [9.17, 15) is 45.0 Å². The van der Waals surface area contributed by atoms with Crippen molar-refractivity contribution in [3.8, 4) is 0 Å². The van der Waals surface area contributed by atoms with Crippen LogP contribution < -0.4 is 69.5 Å². The van der Waals surface area contributed by atoms with Crippen LogP contribution in [0.5, 0.6) is 0 Å². The van der Waals surface area contributed by atoms with Gasteiger partial charge < -0.3 is 60.5 Å². The molecule has 1 aliphatic heterocycles. The zero-order valence-electron chi connectivity index (χ0n) is 15.5. The van der Waals surface area contributed by atoms with Crippen LogP contribution in [0.2, 0.25) is 0 Å². The number of amides is 1. The van der Waals surface area contributed by atoms with E-state index in [1.165, 1.54) is 6.92 Å². The average molecular weight is 428 g/mol. The third kappa shape index (κ3) is 8.20. The standard InChI is InChI=1S/C13H20NO11.2Na.H2O/c1-2-14-11(21)8(19)5(16)4(3-15)24-13-9(20)6(17)7(18)10(25-13)12(22)23;;;/h4-10,13,16-20H,2H2,1H3,(H,14,21)(H,22,23);;;1H2/q-1;2*+1;/p-2/t4-,5+,6+,7+,8-,9?,10?,13+;;;/m1.../s1. The van der Waals surface area contributed by atoms with Gasteiger partial charge in [-0.3, -0.25) is 4.79 Å². The fraction of sp³-hybridized carbons (Fsp3) is 0.769. The fourth-order valence-corrected chi connectivity index (χ4v) is 2.08. The van der Waals surface area contributed by atoms with Gasteiger partial charge in [0.15, 0.2) is 12.4 Å². The van der Waals surface area contributed by atoms with Crippen molar-refractivity contribution in [3.63, 3.8) is 0 Å². The fourth-order valence-electron chi connectivity index (χ4n) is 2.08. The van der Waals surface area contributed by atoms with E-state index in [4.69, 9.17) is 9.47 Å². The number of carboxylic acids is 1. The molecule has 15 heteroatoms. The molecule has 1 heterocycles. The van der Waals surface area contributed by atoms with Crippen LogP contribution in [0.15, 0.2) is 0 Å². The molecule has 13 nitrogen and oxygen atoms in total. The van der Waals surface area contributed by atoms with Crippen molar-refractivity contribution in [1.82, 2.24) is 5.32 Å². The van der Waals surface area contributed by atoms with Crippen molar-refractivity contribution in [1.29, 1.82) is 0 Å². The van der Waals surface area contributed by atoms with Crippen LogP contribution in [0.4, 0.5) is 0 Å². The Labute approximate surface area is 203 Å². The normalized spacial score (nSPS) is 29.6. The first-order valence-corrected chi connectivity index (χ1v) is 7.23. The summed E-state index contributed by atoms with van der Waals surface area (Å²) in [6, 6.07) is 0. The Morgan fingerprint density at radius 2 is 1.71 bits per heavy atom. The predicted molar refractivity (Wildman–Crippen MR) is 74.9 cm³/mol. The summed E-state index contributed by atoms with van der Waals surface area (Å²) in [6.07, 6.45) is -15.3. The Kier molecular flexibility index (Phi) is 17.8. The molecule has 0 bridgehead atoms. The number of aliphatic hydroxyl groups excluding tert-OH is 5. The first-order valence-electron chi connectivity index (χ1n) is 7.23. The average Bonchev–Trinajstić information content (AvgIpc) is 2.57. The third-order valence-corrected chi connectivity index (χ3v) is 3.45. The summed E-state index contributed by atoms with van der Waals surface area (Å²) in [5, 5.41) is 61.3. The second-order valence-corrected chi connectivity index (χ2v) is 5.22. The number of rotatable bonds is 8. The molecule has 0 aliphatic carbocycles. The quantitative estimate of drug-likeness (QED) is 0.156. The molecule has 8 atom stereocenters. The number of nitrogens with one attached hydrogen (secondary N) is 1. The van der Waals surface area contributed by atoms with E-state index in [0.29, 0.717) is 0 Å². The molecule has 152 valence electrons. The van der Waals surface area contributed by atoms with Crippen molar-refractivity contribution in [2.45, 2.75) is 55.9 Å². The molecular weight excluding hydrogens is 408 g/mol. The number of aliphatic carboxylic acids is 1. The maximum absolute atomic E-state index is 11.5. The molecule has 1 aliphatic rings. The van der Waals surface area contributed by atoms with Gasteiger partial charge in [-0.05, 0) is 13.0 Å². The molecule has 0 radical (unpaired) electrons. The zero-order valence-corrected chi connectivity index (χ0v) is 19.5. The van der Waals surface area contributed by atoms with Gasteiger partial charge in [-0.15, -0.1) is 0 Å². The van der Waals surface area contributed by atoms with E-state index in [1.807, 2.05) is 0 Å². The maximum Gasteiger partial charge on any atom is 1.00 e.